The highest BCUT2D eigenvalue weighted by Gasteiger charge is 2.48. The van der Waals surface area contributed by atoms with E-state index in [9.17, 15) is 0 Å². The molecule has 1 aromatic heterocycles. The van der Waals surface area contributed by atoms with Gasteiger partial charge in [-0.1, -0.05) is 20.8 Å². The number of aryl methyl sites for hydroxylation is 1. The predicted molar refractivity (Wildman–Crippen MR) is 82.1 cm³/mol. The molecule has 1 heterocycles. The Bertz CT molecular complexity index is 450. The van der Waals surface area contributed by atoms with Crippen LogP contribution in [0.4, 0.5) is 0 Å². The van der Waals surface area contributed by atoms with Crippen LogP contribution in [-0.4, -0.2) is 18.1 Å². The van der Waals surface area contributed by atoms with E-state index >= 15 is 0 Å². The van der Waals surface area contributed by atoms with Crippen LogP contribution in [0, 0.1) is 5.41 Å². The highest BCUT2D eigenvalue weighted by atomic mass is 32.1. The third-order valence-corrected chi connectivity index (χ3v) is 5.96. The van der Waals surface area contributed by atoms with Crippen molar-refractivity contribution in [3.8, 4) is 0 Å². The van der Waals surface area contributed by atoms with Gasteiger partial charge in [-0.2, -0.15) is 0 Å². The molecule has 2 atom stereocenters. The molecule has 1 saturated carbocycles. The van der Waals surface area contributed by atoms with Gasteiger partial charge in [-0.3, -0.25) is 0 Å². The van der Waals surface area contributed by atoms with Crippen molar-refractivity contribution in [3.63, 3.8) is 0 Å². The van der Waals surface area contributed by atoms with Crippen molar-refractivity contribution in [2.75, 3.05) is 13.1 Å². The number of thiazole rings is 1. The maximum atomic E-state index is 5.05. The minimum Gasteiger partial charge on any atom is -0.316 e. The van der Waals surface area contributed by atoms with E-state index in [-0.39, 0.29) is 0 Å². The molecule has 0 amide bonds. The monoisotopic (exact) mass is 278 g/mol. The highest BCUT2D eigenvalue weighted by molar-refractivity contribution is 7.11. The molecule has 2 aliphatic rings. The van der Waals surface area contributed by atoms with Crippen LogP contribution in [0.25, 0.3) is 0 Å². The first-order valence-electron chi connectivity index (χ1n) is 7.82. The third kappa shape index (κ3) is 2.73. The molecule has 0 aliphatic heterocycles. The van der Waals surface area contributed by atoms with Crippen LogP contribution in [0.2, 0.25) is 0 Å². The van der Waals surface area contributed by atoms with E-state index in [1.165, 1.54) is 42.8 Å². The average molecular weight is 278 g/mol. The van der Waals surface area contributed by atoms with E-state index in [4.69, 9.17) is 4.98 Å². The van der Waals surface area contributed by atoms with Crippen molar-refractivity contribution in [3.05, 3.63) is 15.6 Å². The summed E-state index contributed by atoms with van der Waals surface area (Å²) in [6.45, 7) is 9.24. The Hall–Kier alpha value is -0.410. The first kappa shape index (κ1) is 13.6. The summed E-state index contributed by atoms with van der Waals surface area (Å²) in [6.07, 6.45) is 6.49. The minimum atomic E-state index is 0.510. The van der Waals surface area contributed by atoms with Crippen molar-refractivity contribution >= 4 is 11.3 Å². The van der Waals surface area contributed by atoms with Crippen molar-refractivity contribution < 1.29 is 0 Å². The van der Waals surface area contributed by atoms with Crippen molar-refractivity contribution in [1.29, 1.82) is 0 Å². The molecule has 0 saturated heterocycles. The van der Waals surface area contributed by atoms with E-state index in [0.717, 1.165) is 19.0 Å². The third-order valence-electron chi connectivity index (χ3n) is 4.72. The second kappa shape index (κ2) is 5.17. The molecule has 106 valence electrons. The molecule has 0 bridgehead atoms. The fraction of sp³-hybridized carbons (Fsp3) is 0.812. The zero-order valence-electron chi connectivity index (χ0n) is 12.5. The zero-order chi connectivity index (χ0) is 13.5. The van der Waals surface area contributed by atoms with E-state index in [1.54, 1.807) is 4.88 Å². The van der Waals surface area contributed by atoms with Crippen molar-refractivity contribution in [2.24, 2.45) is 5.41 Å². The van der Waals surface area contributed by atoms with Gasteiger partial charge >= 0.3 is 0 Å². The Morgan fingerprint density at radius 2 is 2.21 bits per heavy atom. The molecule has 19 heavy (non-hydrogen) atoms. The van der Waals surface area contributed by atoms with Crippen LogP contribution in [0.1, 0.15) is 73.9 Å². The highest BCUT2D eigenvalue weighted by Crippen LogP contribution is 2.59. The maximum Gasteiger partial charge on any atom is 0.0967 e. The minimum absolute atomic E-state index is 0.510. The number of aromatic nitrogens is 1. The van der Waals surface area contributed by atoms with Gasteiger partial charge in [0.15, 0.2) is 0 Å². The Morgan fingerprint density at radius 3 is 2.89 bits per heavy atom. The molecule has 0 spiro atoms. The molecular weight excluding hydrogens is 252 g/mol. The van der Waals surface area contributed by atoms with Gasteiger partial charge in [-0.15, -0.1) is 11.3 Å². The molecular formula is C16H26N2S. The molecule has 0 radical (unpaired) electrons. The second-order valence-corrected chi connectivity index (χ2v) is 8.01. The van der Waals surface area contributed by atoms with Crippen LogP contribution in [0.15, 0.2) is 0 Å². The summed E-state index contributed by atoms with van der Waals surface area (Å²) >= 11 is 2.01. The van der Waals surface area contributed by atoms with Crippen LogP contribution < -0.4 is 5.32 Å². The maximum absolute atomic E-state index is 5.05. The standard InChI is InChI=1S/C16H26N2S/c1-4-8-17-10-11-6-5-7-13-14(11)18-15(19-13)12-9-16(12,2)3/h11-12,17H,4-10H2,1-3H3. The Labute approximate surface area is 121 Å². The number of nitrogens with one attached hydrogen (secondary N) is 1. The van der Waals surface area contributed by atoms with Gasteiger partial charge in [-0.25, -0.2) is 4.98 Å². The lowest BCUT2D eigenvalue weighted by molar-refractivity contribution is 0.500. The first-order chi connectivity index (χ1) is 9.12. The van der Waals surface area contributed by atoms with E-state index < -0.39 is 0 Å². The Balaban J connectivity index is 1.73. The molecule has 3 heteroatoms. The fourth-order valence-electron chi connectivity index (χ4n) is 3.22. The molecule has 2 aliphatic carbocycles. The van der Waals surface area contributed by atoms with Gasteiger partial charge in [0, 0.05) is 23.3 Å². The topological polar surface area (TPSA) is 24.9 Å². The molecule has 1 fully saturated rings. The van der Waals surface area contributed by atoms with Gasteiger partial charge in [-0.05, 0) is 44.1 Å². The van der Waals surface area contributed by atoms with Gasteiger partial charge < -0.3 is 5.32 Å². The SMILES string of the molecule is CCCNCC1CCCc2sc(C3CC3(C)C)nc21. The lowest BCUT2D eigenvalue weighted by Gasteiger charge is -2.21. The number of nitrogens with zero attached hydrogens (tertiary/aromatic N) is 1. The summed E-state index contributed by atoms with van der Waals surface area (Å²) < 4.78 is 0. The van der Waals surface area contributed by atoms with Crippen LogP contribution >= 0.6 is 11.3 Å². The van der Waals surface area contributed by atoms with Gasteiger partial charge in [0.2, 0.25) is 0 Å². The summed E-state index contributed by atoms with van der Waals surface area (Å²) in [6, 6.07) is 0. The second-order valence-electron chi connectivity index (χ2n) is 6.90. The molecule has 2 unspecified atom stereocenters. The van der Waals surface area contributed by atoms with Crippen LogP contribution in [0.5, 0.6) is 0 Å². The van der Waals surface area contributed by atoms with Crippen LogP contribution in [0.3, 0.4) is 0 Å². The van der Waals surface area contributed by atoms with Crippen LogP contribution in [-0.2, 0) is 6.42 Å². The number of fused-ring (bicyclic) bond motifs is 1. The average Bonchev–Trinajstić information content (AvgIpc) is 2.84. The van der Waals surface area contributed by atoms with Gasteiger partial charge in [0.1, 0.15) is 0 Å². The number of hydrogen-bond acceptors (Lipinski definition) is 3. The summed E-state index contributed by atoms with van der Waals surface area (Å²) in [5.41, 5.74) is 1.95. The summed E-state index contributed by atoms with van der Waals surface area (Å²) in [5.74, 6) is 1.41. The number of rotatable bonds is 5. The fourth-order valence-corrected chi connectivity index (χ4v) is 4.72. The molecule has 2 nitrogen and oxygen atoms in total. The van der Waals surface area contributed by atoms with Crippen molar-refractivity contribution in [1.82, 2.24) is 10.3 Å². The predicted octanol–water partition coefficient (Wildman–Crippen LogP) is 4.08. The summed E-state index contributed by atoms with van der Waals surface area (Å²) in [5, 5.41) is 5.01. The molecule has 0 aromatic carbocycles. The molecule has 1 aromatic rings. The lowest BCUT2D eigenvalue weighted by atomic mass is 9.91. The summed E-state index contributed by atoms with van der Waals surface area (Å²) in [7, 11) is 0. The Kier molecular flexibility index (Phi) is 3.69. The smallest absolute Gasteiger partial charge is 0.0967 e. The molecule has 1 N–H and O–H groups in total. The number of hydrogen-bond donors (Lipinski definition) is 1. The molecule has 3 rings (SSSR count). The van der Waals surface area contributed by atoms with Gasteiger partial charge in [0.05, 0.1) is 10.7 Å². The summed E-state index contributed by atoms with van der Waals surface area (Å²) in [4.78, 5) is 6.64. The van der Waals surface area contributed by atoms with Gasteiger partial charge in [0.25, 0.3) is 0 Å². The lowest BCUT2D eigenvalue weighted by Crippen LogP contribution is -2.24. The van der Waals surface area contributed by atoms with E-state index in [2.05, 4.69) is 26.1 Å². The van der Waals surface area contributed by atoms with E-state index in [0.29, 0.717) is 11.3 Å². The van der Waals surface area contributed by atoms with E-state index in [1.807, 2.05) is 11.3 Å². The normalized spacial score (nSPS) is 28.2. The first-order valence-corrected chi connectivity index (χ1v) is 8.63. The quantitative estimate of drug-likeness (QED) is 0.821. The Morgan fingerprint density at radius 1 is 1.42 bits per heavy atom. The van der Waals surface area contributed by atoms with Crippen molar-refractivity contribution in [2.45, 2.75) is 64.7 Å². The largest absolute Gasteiger partial charge is 0.316 e. The zero-order valence-corrected chi connectivity index (χ0v) is 13.3.